The Morgan fingerprint density at radius 2 is 2.11 bits per heavy atom. The van der Waals surface area contributed by atoms with E-state index in [0.29, 0.717) is 13.0 Å². The van der Waals surface area contributed by atoms with E-state index in [0.717, 1.165) is 11.8 Å². The Bertz CT molecular complexity index is 443. The summed E-state index contributed by atoms with van der Waals surface area (Å²) in [5.74, 6) is -1.36. The fourth-order valence-electron chi connectivity index (χ4n) is 1.48. The van der Waals surface area contributed by atoms with Crippen LogP contribution in [0.5, 0.6) is 0 Å². The molecule has 1 aromatic heterocycles. The van der Waals surface area contributed by atoms with Crippen LogP contribution in [-0.4, -0.2) is 26.6 Å². The van der Waals surface area contributed by atoms with Crippen molar-refractivity contribution in [3.63, 3.8) is 0 Å². The Balaban J connectivity index is 3.12. The topological polar surface area (TPSA) is 55.1 Å². The lowest BCUT2D eigenvalue weighted by Crippen LogP contribution is -2.09. The SMILES string of the molecule is CCCn1nc(C(F)(F)F)c(C)c1SCC(=O)O. The van der Waals surface area contributed by atoms with E-state index in [2.05, 4.69) is 5.10 Å². The van der Waals surface area contributed by atoms with Gasteiger partial charge in [-0.25, -0.2) is 0 Å². The van der Waals surface area contributed by atoms with Gasteiger partial charge in [-0.1, -0.05) is 18.7 Å². The monoisotopic (exact) mass is 282 g/mol. The van der Waals surface area contributed by atoms with E-state index in [4.69, 9.17) is 5.11 Å². The number of halogens is 3. The molecule has 0 aliphatic carbocycles. The minimum absolute atomic E-state index is 0.0119. The van der Waals surface area contributed by atoms with E-state index in [1.807, 2.05) is 6.92 Å². The minimum atomic E-state index is -4.51. The molecule has 18 heavy (non-hydrogen) atoms. The number of alkyl halides is 3. The van der Waals surface area contributed by atoms with Crippen LogP contribution in [0.4, 0.5) is 13.2 Å². The first-order chi connectivity index (χ1) is 8.27. The number of carbonyl (C=O) groups is 1. The predicted octanol–water partition coefficient (Wildman–Crippen LogP) is 2.80. The Morgan fingerprint density at radius 3 is 2.56 bits per heavy atom. The van der Waals surface area contributed by atoms with E-state index < -0.39 is 17.8 Å². The number of aromatic nitrogens is 2. The second-order valence-corrected chi connectivity index (χ2v) is 4.65. The highest BCUT2D eigenvalue weighted by atomic mass is 32.2. The first-order valence-corrected chi connectivity index (χ1v) is 6.25. The molecule has 0 spiro atoms. The number of carboxylic acid groups (broad SMARTS) is 1. The number of thioether (sulfide) groups is 1. The first kappa shape index (κ1) is 14.9. The molecule has 0 saturated heterocycles. The highest BCUT2D eigenvalue weighted by Gasteiger charge is 2.37. The van der Waals surface area contributed by atoms with Gasteiger partial charge >= 0.3 is 12.1 Å². The average molecular weight is 282 g/mol. The predicted molar refractivity (Wildman–Crippen MR) is 60.6 cm³/mol. The molecular formula is C10H13F3N2O2S. The van der Waals surface area contributed by atoms with Gasteiger partial charge in [-0.3, -0.25) is 9.48 Å². The molecule has 0 amide bonds. The summed E-state index contributed by atoms with van der Waals surface area (Å²) in [5, 5.41) is 12.4. The normalized spacial score (nSPS) is 11.8. The van der Waals surface area contributed by atoms with E-state index >= 15 is 0 Å². The molecule has 1 rings (SSSR count). The van der Waals surface area contributed by atoms with Crippen LogP contribution in [0.3, 0.4) is 0 Å². The molecule has 0 aliphatic rings. The van der Waals surface area contributed by atoms with E-state index in [1.165, 1.54) is 11.6 Å². The third kappa shape index (κ3) is 3.41. The second-order valence-electron chi connectivity index (χ2n) is 3.68. The van der Waals surface area contributed by atoms with E-state index in [1.54, 1.807) is 0 Å². The zero-order chi connectivity index (χ0) is 13.9. The fourth-order valence-corrected chi connectivity index (χ4v) is 2.34. The van der Waals surface area contributed by atoms with Gasteiger partial charge in [-0.2, -0.15) is 18.3 Å². The third-order valence-electron chi connectivity index (χ3n) is 2.17. The molecule has 8 heteroatoms. The van der Waals surface area contributed by atoms with Crippen LogP contribution in [0.15, 0.2) is 5.03 Å². The maximum absolute atomic E-state index is 12.7. The van der Waals surface area contributed by atoms with Crippen LogP contribution in [0.25, 0.3) is 0 Å². The largest absolute Gasteiger partial charge is 0.481 e. The Morgan fingerprint density at radius 1 is 1.50 bits per heavy atom. The maximum atomic E-state index is 12.7. The van der Waals surface area contributed by atoms with Crippen LogP contribution >= 0.6 is 11.8 Å². The Kier molecular flexibility index (Phi) is 4.66. The summed E-state index contributed by atoms with van der Waals surface area (Å²) in [6.45, 7) is 3.46. The van der Waals surface area contributed by atoms with Gasteiger partial charge in [0.2, 0.25) is 0 Å². The van der Waals surface area contributed by atoms with Crippen molar-refractivity contribution in [1.82, 2.24) is 9.78 Å². The van der Waals surface area contributed by atoms with Gasteiger partial charge in [-0.15, -0.1) is 0 Å². The molecule has 1 aromatic rings. The van der Waals surface area contributed by atoms with E-state index in [-0.39, 0.29) is 16.3 Å². The quantitative estimate of drug-likeness (QED) is 0.844. The number of hydrogen-bond donors (Lipinski definition) is 1. The van der Waals surface area contributed by atoms with Crippen molar-refractivity contribution in [3.8, 4) is 0 Å². The molecule has 1 heterocycles. The number of hydrogen-bond acceptors (Lipinski definition) is 3. The van der Waals surface area contributed by atoms with Crippen molar-refractivity contribution in [2.45, 2.75) is 38.0 Å². The molecule has 0 aromatic carbocycles. The molecule has 0 saturated carbocycles. The maximum Gasteiger partial charge on any atom is 0.435 e. The molecule has 0 fully saturated rings. The van der Waals surface area contributed by atoms with Gasteiger partial charge in [-0.05, 0) is 13.3 Å². The van der Waals surface area contributed by atoms with E-state index in [9.17, 15) is 18.0 Å². The zero-order valence-corrected chi connectivity index (χ0v) is 10.7. The number of aryl methyl sites for hydroxylation is 1. The van der Waals surface area contributed by atoms with Crippen molar-refractivity contribution in [1.29, 1.82) is 0 Å². The molecule has 102 valence electrons. The lowest BCUT2D eigenvalue weighted by atomic mass is 10.3. The number of aliphatic carboxylic acids is 1. The number of nitrogens with zero attached hydrogens (tertiary/aromatic N) is 2. The van der Waals surface area contributed by atoms with Gasteiger partial charge in [0, 0.05) is 12.1 Å². The summed E-state index contributed by atoms with van der Waals surface area (Å²) in [5.41, 5.74) is -0.953. The molecular weight excluding hydrogens is 269 g/mol. The standard InChI is InChI=1S/C10H13F3N2O2S/c1-3-4-15-9(18-5-7(16)17)6(2)8(14-15)10(11,12)13/h3-5H2,1-2H3,(H,16,17). The van der Waals surface area contributed by atoms with Crippen molar-refractivity contribution in [2.24, 2.45) is 0 Å². The van der Waals surface area contributed by atoms with Gasteiger partial charge in [0.05, 0.1) is 10.8 Å². The molecule has 0 bridgehead atoms. The fraction of sp³-hybridized carbons (Fsp3) is 0.600. The van der Waals surface area contributed by atoms with Crippen LogP contribution in [-0.2, 0) is 17.5 Å². The average Bonchev–Trinajstić information content (AvgIpc) is 2.53. The minimum Gasteiger partial charge on any atom is -0.481 e. The van der Waals surface area contributed by atoms with Crippen LogP contribution < -0.4 is 0 Å². The molecule has 0 aliphatic heterocycles. The summed E-state index contributed by atoms with van der Waals surface area (Å²) in [4.78, 5) is 10.5. The summed E-state index contributed by atoms with van der Waals surface area (Å²) >= 11 is 0.860. The van der Waals surface area contributed by atoms with Gasteiger partial charge in [0.1, 0.15) is 0 Å². The molecule has 0 unspecified atom stereocenters. The number of carboxylic acids is 1. The second kappa shape index (κ2) is 5.64. The van der Waals surface area contributed by atoms with Gasteiger partial charge < -0.3 is 5.11 Å². The van der Waals surface area contributed by atoms with Gasteiger partial charge in [0.15, 0.2) is 5.69 Å². The molecule has 0 radical (unpaired) electrons. The highest BCUT2D eigenvalue weighted by molar-refractivity contribution is 7.99. The van der Waals surface area contributed by atoms with Crippen molar-refractivity contribution in [3.05, 3.63) is 11.3 Å². The zero-order valence-electron chi connectivity index (χ0n) is 9.91. The Hall–Kier alpha value is -1.18. The third-order valence-corrected chi connectivity index (χ3v) is 3.35. The van der Waals surface area contributed by atoms with Gasteiger partial charge in [0.25, 0.3) is 0 Å². The Labute approximate surface area is 106 Å². The number of rotatable bonds is 5. The molecule has 1 N–H and O–H groups in total. The smallest absolute Gasteiger partial charge is 0.435 e. The van der Waals surface area contributed by atoms with Crippen LogP contribution in [0.1, 0.15) is 24.6 Å². The van der Waals surface area contributed by atoms with Crippen LogP contribution in [0, 0.1) is 6.92 Å². The highest BCUT2D eigenvalue weighted by Crippen LogP contribution is 2.35. The first-order valence-electron chi connectivity index (χ1n) is 5.26. The summed E-state index contributed by atoms with van der Waals surface area (Å²) in [6.07, 6.45) is -3.89. The van der Waals surface area contributed by atoms with Crippen molar-refractivity contribution < 1.29 is 23.1 Å². The summed E-state index contributed by atoms with van der Waals surface area (Å²) in [6, 6.07) is 0. The van der Waals surface area contributed by atoms with Crippen LogP contribution in [0.2, 0.25) is 0 Å². The van der Waals surface area contributed by atoms with Crippen molar-refractivity contribution in [2.75, 3.05) is 5.75 Å². The molecule has 4 nitrogen and oxygen atoms in total. The summed E-state index contributed by atoms with van der Waals surface area (Å²) < 4.78 is 39.3. The molecule has 0 atom stereocenters. The summed E-state index contributed by atoms with van der Waals surface area (Å²) in [7, 11) is 0. The lowest BCUT2D eigenvalue weighted by Gasteiger charge is -2.04. The van der Waals surface area contributed by atoms with Crippen molar-refractivity contribution >= 4 is 17.7 Å². The lowest BCUT2D eigenvalue weighted by molar-refractivity contribution is -0.142.